The van der Waals surface area contributed by atoms with Gasteiger partial charge in [-0.15, -0.1) is 11.3 Å². The molecule has 5 rings (SSSR count). The third kappa shape index (κ3) is 2.89. The molecule has 4 aromatic heterocycles. The fourth-order valence-corrected chi connectivity index (χ4v) is 4.25. The Morgan fingerprint density at radius 2 is 1.93 bits per heavy atom. The van der Waals surface area contributed by atoms with Crippen molar-refractivity contribution in [2.75, 3.05) is 5.32 Å². The third-order valence-corrected chi connectivity index (χ3v) is 5.75. The molecular weight excluding hydrogens is 384 g/mol. The normalized spacial score (nSPS) is 12.5. The number of benzene rings is 1. The first kappa shape index (κ1) is 17.6. The Morgan fingerprint density at radius 3 is 2.76 bits per heavy atom. The maximum absolute atomic E-state index is 13.4. The summed E-state index contributed by atoms with van der Waals surface area (Å²) in [5.74, 6) is 1.33. The maximum Gasteiger partial charge on any atom is 0.282 e. The van der Waals surface area contributed by atoms with Crippen molar-refractivity contribution in [2.45, 2.75) is 19.9 Å². The smallest absolute Gasteiger partial charge is 0.282 e. The highest BCUT2D eigenvalue weighted by molar-refractivity contribution is 7.16. The zero-order valence-electron chi connectivity index (χ0n) is 15.9. The fourth-order valence-electron chi connectivity index (χ4n) is 3.51. The molecule has 0 fully saturated rings. The molecule has 29 heavy (non-hydrogen) atoms. The Hall–Kier alpha value is -3.52. The van der Waals surface area contributed by atoms with Crippen molar-refractivity contribution >= 4 is 32.9 Å². The number of nitrogens with one attached hydrogen (secondary N) is 1. The summed E-state index contributed by atoms with van der Waals surface area (Å²) in [6, 6.07) is 13.2. The highest BCUT2D eigenvalue weighted by atomic mass is 32.1. The number of thiophene rings is 1. The second-order valence-electron chi connectivity index (χ2n) is 6.85. The lowest BCUT2D eigenvalue weighted by molar-refractivity contribution is 0.673. The SMILES string of the molecule is Cc1ccn2nc([C@H](C)Nc3ncnc4sccc34)n(-c3ccccc3)c(=O)c12. The number of hydrogen-bond acceptors (Lipinski definition) is 6. The molecule has 0 aliphatic carbocycles. The van der Waals surface area contributed by atoms with Gasteiger partial charge in [-0.25, -0.2) is 14.5 Å². The van der Waals surface area contributed by atoms with Crippen LogP contribution in [-0.4, -0.2) is 24.1 Å². The molecule has 4 heterocycles. The predicted molar refractivity (Wildman–Crippen MR) is 115 cm³/mol. The summed E-state index contributed by atoms with van der Waals surface area (Å²) >= 11 is 1.57. The lowest BCUT2D eigenvalue weighted by Gasteiger charge is -2.20. The summed E-state index contributed by atoms with van der Waals surface area (Å²) in [6.07, 6.45) is 3.36. The maximum atomic E-state index is 13.4. The molecule has 1 atom stereocenters. The van der Waals surface area contributed by atoms with Crippen LogP contribution in [0.4, 0.5) is 5.82 Å². The molecule has 0 spiro atoms. The minimum absolute atomic E-state index is 0.0966. The van der Waals surface area contributed by atoms with E-state index in [4.69, 9.17) is 5.10 Å². The van der Waals surface area contributed by atoms with E-state index in [1.807, 2.05) is 67.9 Å². The number of hydrogen-bond donors (Lipinski definition) is 1. The van der Waals surface area contributed by atoms with Gasteiger partial charge in [-0.2, -0.15) is 5.10 Å². The van der Waals surface area contributed by atoms with E-state index in [0.717, 1.165) is 27.3 Å². The first-order valence-electron chi connectivity index (χ1n) is 9.24. The molecule has 1 aromatic carbocycles. The van der Waals surface area contributed by atoms with Crippen molar-refractivity contribution in [2.24, 2.45) is 0 Å². The molecule has 0 aliphatic heterocycles. The van der Waals surface area contributed by atoms with Crippen LogP contribution in [-0.2, 0) is 0 Å². The van der Waals surface area contributed by atoms with Gasteiger partial charge in [-0.3, -0.25) is 9.36 Å². The van der Waals surface area contributed by atoms with Gasteiger partial charge in [0.2, 0.25) is 0 Å². The summed E-state index contributed by atoms with van der Waals surface area (Å²) < 4.78 is 3.33. The van der Waals surface area contributed by atoms with Crippen LogP contribution in [0.1, 0.15) is 24.4 Å². The van der Waals surface area contributed by atoms with Gasteiger partial charge in [0.05, 0.1) is 17.1 Å². The van der Waals surface area contributed by atoms with E-state index < -0.39 is 0 Å². The van der Waals surface area contributed by atoms with Crippen molar-refractivity contribution in [3.63, 3.8) is 0 Å². The Labute approximate surface area is 170 Å². The van der Waals surface area contributed by atoms with E-state index in [9.17, 15) is 4.79 Å². The van der Waals surface area contributed by atoms with E-state index in [1.54, 1.807) is 26.7 Å². The number of fused-ring (bicyclic) bond motifs is 2. The van der Waals surface area contributed by atoms with E-state index >= 15 is 0 Å². The molecule has 5 aromatic rings. The first-order valence-corrected chi connectivity index (χ1v) is 10.1. The molecule has 144 valence electrons. The Balaban J connectivity index is 1.69. The monoisotopic (exact) mass is 402 g/mol. The summed E-state index contributed by atoms with van der Waals surface area (Å²) in [5.41, 5.74) is 2.16. The number of nitrogens with zero attached hydrogens (tertiary/aromatic N) is 5. The van der Waals surface area contributed by atoms with Crippen LogP contribution in [0.2, 0.25) is 0 Å². The van der Waals surface area contributed by atoms with E-state index in [1.165, 1.54) is 0 Å². The van der Waals surface area contributed by atoms with Crippen LogP contribution in [0, 0.1) is 6.92 Å². The molecule has 0 amide bonds. The van der Waals surface area contributed by atoms with Crippen molar-refractivity contribution in [3.8, 4) is 5.69 Å². The lowest BCUT2D eigenvalue weighted by Crippen LogP contribution is -2.29. The summed E-state index contributed by atoms with van der Waals surface area (Å²) in [5, 5.41) is 11.1. The standard InChI is InChI=1S/C21H18N6OS/c1-13-8-10-26-17(13)21(28)27(15-6-4-3-5-7-15)19(25-26)14(2)24-18-16-9-11-29-20(16)23-12-22-18/h3-12,14H,1-2H3,(H,22,23,24)/t14-/m0/s1. The Kier molecular flexibility index (Phi) is 4.13. The molecular formula is C21H18N6OS. The van der Waals surface area contributed by atoms with Crippen molar-refractivity contribution in [3.05, 3.63) is 82.1 Å². The van der Waals surface area contributed by atoms with Gasteiger partial charge in [0.1, 0.15) is 22.5 Å². The largest absolute Gasteiger partial charge is 0.360 e. The van der Waals surface area contributed by atoms with E-state index in [-0.39, 0.29) is 11.6 Å². The van der Waals surface area contributed by atoms with Gasteiger partial charge in [0, 0.05) is 6.20 Å². The van der Waals surface area contributed by atoms with Crippen LogP contribution in [0.3, 0.4) is 0 Å². The average Bonchev–Trinajstić information content (AvgIpc) is 3.36. The van der Waals surface area contributed by atoms with Gasteiger partial charge in [0.25, 0.3) is 5.56 Å². The Bertz CT molecular complexity index is 1390. The third-order valence-electron chi connectivity index (χ3n) is 4.93. The number of anilines is 1. The van der Waals surface area contributed by atoms with Gasteiger partial charge >= 0.3 is 0 Å². The second-order valence-corrected chi connectivity index (χ2v) is 7.75. The molecule has 1 N–H and O–H groups in total. The molecule has 7 nitrogen and oxygen atoms in total. The minimum atomic E-state index is -0.270. The minimum Gasteiger partial charge on any atom is -0.360 e. The number of para-hydroxylation sites is 1. The van der Waals surface area contributed by atoms with Crippen molar-refractivity contribution in [1.29, 1.82) is 0 Å². The number of aromatic nitrogens is 5. The number of aryl methyl sites for hydroxylation is 1. The lowest BCUT2D eigenvalue weighted by atomic mass is 10.2. The van der Waals surface area contributed by atoms with Gasteiger partial charge < -0.3 is 5.32 Å². The molecule has 0 radical (unpaired) electrons. The van der Waals surface area contributed by atoms with Crippen LogP contribution >= 0.6 is 11.3 Å². The zero-order valence-corrected chi connectivity index (χ0v) is 16.7. The van der Waals surface area contributed by atoms with Crippen LogP contribution in [0.5, 0.6) is 0 Å². The fraction of sp³-hybridized carbons (Fsp3) is 0.143. The van der Waals surface area contributed by atoms with Crippen molar-refractivity contribution in [1.82, 2.24) is 24.1 Å². The van der Waals surface area contributed by atoms with Crippen molar-refractivity contribution < 1.29 is 0 Å². The molecule has 8 heteroatoms. The van der Waals surface area contributed by atoms with Gasteiger partial charge in [-0.1, -0.05) is 18.2 Å². The first-order chi connectivity index (χ1) is 14.1. The topological polar surface area (TPSA) is 77.1 Å². The van der Waals surface area contributed by atoms with Crippen LogP contribution in [0.15, 0.2) is 65.2 Å². The highest BCUT2D eigenvalue weighted by Crippen LogP contribution is 2.27. The second kappa shape index (κ2) is 6.82. The summed E-state index contributed by atoms with van der Waals surface area (Å²) in [6.45, 7) is 3.90. The predicted octanol–water partition coefficient (Wildman–Crippen LogP) is 3.97. The average molecular weight is 402 g/mol. The van der Waals surface area contributed by atoms with Crippen LogP contribution < -0.4 is 10.9 Å². The Morgan fingerprint density at radius 1 is 1.10 bits per heavy atom. The van der Waals surface area contributed by atoms with E-state index in [2.05, 4.69) is 15.3 Å². The van der Waals surface area contributed by atoms with Crippen LogP contribution in [0.25, 0.3) is 21.4 Å². The summed E-state index contributed by atoms with van der Waals surface area (Å²) in [7, 11) is 0. The molecule has 0 bridgehead atoms. The highest BCUT2D eigenvalue weighted by Gasteiger charge is 2.20. The van der Waals surface area contributed by atoms with E-state index in [0.29, 0.717) is 11.3 Å². The molecule has 0 saturated carbocycles. The molecule has 0 unspecified atom stereocenters. The quantitative estimate of drug-likeness (QED) is 0.492. The molecule has 0 aliphatic rings. The number of rotatable bonds is 4. The van der Waals surface area contributed by atoms with Gasteiger partial charge in [0.15, 0.2) is 5.82 Å². The molecule has 0 saturated heterocycles. The van der Waals surface area contributed by atoms with Gasteiger partial charge in [-0.05, 0) is 49.1 Å². The summed E-state index contributed by atoms with van der Waals surface area (Å²) in [4.78, 5) is 23.0. The zero-order chi connectivity index (χ0) is 20.0.